The summed E-state index contributed by atoms with van der Waals surface area (Å²) in [5.41, 5.74) is -0.762. The summed E-state index contributed by atoms with van der Waals surface area (Å²) >= 11 is 1.30. The van der Waals surface area contributed by atoms with Gasteiger partial charge in [-0.25, -0.2) is 4.79 Å². The highest BCUT2D eigenvalue weighted by atomic mass is 32.2. The molecule has 4 N–H and O–H groups in total. The van der Waals surface area contributed by atoms with E-state index in [0.717, 1.165) is 0 Å². The van der Waals surface area contributed by atoms with E-state index in [1.54, 1.807) is 0 Å². The van der Waals surface area contributed by atoms with Crippen molar-refractivity contribution in [2.45, 2.75) is 6.54 Å². The summed E-state index contributed by atoms with van der Waals surface area (Å²) in [5, 5.41) is 9.18. The number of hydrogen-bond acceptors (Lipinski definition) is 6. The number of aromatic nitrogens is 2. The van der Waals surface area contributed by atoms with Gasteiger partial charge in [-0.2, -0.15) is 11.8 Å². The van der Waals surface area contributed by atoms with Crippen LogP contribution in [0.5, 0.6) is 0 Å². The second kappa shape index (κ2) is 7.70. The highest BCUT2D eigenvalue weighted by Gasteiger charge is 2.11. The van der Waals surface area contributed by atoms with Gasteiger partial charge < -0.3 is 19.5 Å². The van der Waals surface area contributed by atoms with Crippen LogP contribution in [0.3, 0.4) is 0 Å². The van der Waals surface area contributed by atoms with E-state index in [1.165, 1.54) is 28.6 Å². The third kappa shape index (κ3) is 5.32. The zero-order valence-corrected chi connectivity index (χ0v) is 11.2. The summed E-state index contributed by atoms with van der Waals surface area (Å²) in [6, 6.07) is 1.24. The van der Waals surface area contributed by atoms with Crippen molar-refractivity contribution >= 4 is 20.1 Å². The van der Waals surface area contributed by atoms with Crippen LogP contribution in [-0.2, 0) is 6.54 Å². The van der Waals surface area contributed by atoms with Crippen molar-refractivity contribution in [1.29, 1.82) is 0 Å². The Labute approximate surface area is 108 Å². The Morgan fingerprint density at radius 3 is 2.72 bits per heavy atom. The van der Waals surface area contributed by atoms with Gasteiger partial charge >= 0.3 is 5.69 Å². The van der Waals surface area contributed by atoms with E-state index in [4.69, 9.17) is 9.79 Å². The Morgan fingerprint density at radius 2 is 2.17 bits per heavy atom. The van der Waals surface area contributed by atoms with Crippen LogP contribution in [0.2, 0.25) is 0 Å². The summed E-state index contributed by atoms with van der Waals surface area (Å²) < 4.78 is 1.31. The van der Waals surface area contributed by atoms with E-state index in [-0.39, 0.29) is 24.6 Å². The molecule has 1 aromatic heterocycles. The Morgan fingerprint density at radius 1 is 1.44 bits per heavy atom. The van der Waals surface area contributed by atoms with Crippen LogP contribution in [0, 0.1) is 5.92 Å². The van der Waals surface area contributed by atoms with Crippen molar-refractivity contribution in [3.05, 3.63) is 33.1 Å². The third-order valence-electron chi connectivity index (χ3n) is 2.17. The molecule has 0 fully saturated rings. The van der Waals surface area contributed by atoms with E-state index in [1.807, 2.05) is 0 Å². The van der Waals surface area contributed by atoms with Crippen molar-refractivity contribution < 1.29 is 14.9 Å². The predicted molar refractivity (Wildman–Crippen MR) is 70.6 cm³/mol. The van der Waals surface area contributed by atoms with Gasteiger partial charge in [0.15, 0.2) is 8.38 Å². The van der Waals surface area contributed by atoms with Crippen LogP contribution in [0.1, 0.15) is 0 Å². The molecule has 0 saturated heterocycles. The minimum Gasteiger partial charge on any atom is -0.396 e. The number of thioether (sulfide) groups is 1. The van der Waals surface area contributed by atoms with Crippen LogP contribution in [0.25, 0.3) is 0 Å². The van der Waals surface area contributed by atoms with Crippen molar-refractivity contribution in [1.82, 2.24) is 9.55 Å². The number of rotatable bonds is 7. The molecule has 1 atom stereocenters. The Balaban J connectivity index is 2.57. The lowest BCUT2D eigenvalue weighted by Crippen LogP contribution is -2.32. The molecule has 0 amide bonds. The lowest BCUT2D eigenvalue weighted by Gasteiger charge is -2.15. The maximum absolute atomic E-state index is 11.4. The smallest absolute Gasteiger partial charge is 0.328 e. The zero-order valence-electron chi connectivity index (χ0n) is 9.52. The molecule has 102 valence electrons. The van der Waals surface area contributed by atoms with Crippen molar-refractivity contribution in [2.75, 3.05) is 17.9 Å². The molecule has 0 bridgehead atoms. The lowest BCUT2D eigenvalue weighted by atomic mass is 10.2. The standard InChI is InChI=1S/C9H15N2O5PS/c12-4-7(5-18-6-17(15)16)3-11-2-1-8(13)10-9(11)14/h1-2,7,12,15-16H,3-6H2,(H,10,13,14). The summed E-state index contributed by atoms with van der Waals surface area (Å²) in [7, 11) is -1.94. The van der Waals surface area contributed by atoms with Crippen molar-refractivity contribution in [3.8, 4) is 0 Å². The molecule has 0 aliphatic heterocycles. The average Bonchev–Trinajstić information content (AvgIpc) is 2.30. The van der Waals surface area contributed by atoms with E-state index in [9.17, 15) is 14.7 Å². The van der Waals surface area contributed by atoms with Gasteiger partial charge in [0.05, 0.1) is 5.49 Å². The van der Waals surface area contributed by atoms with E-state index in [2.05, 4.69) is 4.98 Å². The number of nitrogens with one attached hydrogen (secondary N) is 1. The van der Waals surface area contributed by atoms with Gasteiger partial charge in [0.25, 0.3) is 5.56 Å². The minimum atomic E-state index is -1.94. The fourth-order valence-electron chi connectivity index (χ4n) is 1.33. The molecular weight excluding hydrogens is 279 g/mol. The van der Waals surface area contributed by atoms with E-state index >= 15 is 0 Å². The van der Waals surface area contributed by atoms with Gasteiger partial charge in [0, 0.05) is 37.1 Å². The number of nitrogens with zero attached hydrogens (tertiary/aromatic N) is 1. The van der Waals surface area contributed by atoms with E-state index in [0.29, 0.717) is 5.75 Å². The second-order valence-corrected chi connectivity index (χ2v) is 6.20. The van der Waals surface area contributed by atoms with Crippen LogP contribution in [-0.4, -0.2) is 42.3 Å². The first kappa shape index (κ1) is 15.4. The Hall–Kier alpha value is -0.660. The topological polar surface area (TPSA) is 116 Å². The highest BCUT2D eigenvalue weighted by molar-refractivity contribution is 8.03. The number of H-pyrrole nitrogens is 1. The summed E-state index contributed by atoms with van der Waals surface area (Å²) in [6.45, 7) is 0.154. The van der Waals surface area contributed by atoms with Crippen LogP contribution in [0.15, 0.2) is 21.9 Å². The quantitative estimate of drug-likeness (QED) is 0.486. The second-order valence-electron chi connectivity index (χ2n) is 3.68. The Bertz CT molecular complexity index is 475. The molecule has 18 heavy (non-hydrogen) atoms. The minimum absolute atomic E-state index is 0.118. The molecule has 7 nitrogen and oxygen atoms in total. The fourth-order valence-corrected chi connectivity index (χ4v) is 2.95. The molecule has 0 aromatic carbocycles. The first-order valence-corrected chi connectivity index (χ1v) is 7.75. The first-order chi connectivity index (χ1) is 8.52. The lowest BCUT2D eigenvalue weighted by molar-refractivity contribution is 0.224. The van der Waals surface area contributed by atoms with Crippen molar-refractivity contribution in [3.63, 3.8) is 0 Å². The molecule has 0 aliphatic carbocycles. The molecule has 1 heterocycles. The van der Waals surface area contributed by atoms with E-state index < -0.39 is 19.6 Å². The molecule has 0 aliphatic rings. The monoisotopic (exact) mass is 294 g/mol. The van der Waals surface area contributed by atoms with Gasteiger partial charge in [-0.3, -0.25) is 9.78 Å². The highest BCUT2D eigenvalue weighted by Crippen LogP contribution is 2.29. The van der Waals surface area contributed by atoms with Gasteiger partial charge in [-0.1, -0.05) is 0 Å². The molecule has 0 radical (unpaired) electrons. The maximum atomic E-state index is 11.4. The van der Waals surface area contributed by atoms with Gasteiger partial charge in [-0.15, -0.1) is 0 Å². The van der Waals surface area contributed by atoms with Gasteiger partial charge in [0.2, 0.25) is 0 Å². The van der Waals surface area contributed by atoms with Crippen LogP contribution < -0.4 is 11.2 Å². The largest absolute Gasteiger partial charge is 0.396 e. The normalized spacial score (nSPS) is 12.9. The molecule has 0 saturated carbocycles. The summed E-state index contributed by atoms with van der Waals surface area (Å²) in [5.74, 6) is 0.315. The Kier molecular flexibility index (Phi) is 6.59. The zero-order chi connectivity index (χ0) is 13.5. The molecule has 0 spiro atoms. The number of aliphatic hydroxyl groups is 1. The third-order valence-corrected chi connectivity index (χ3v) is 4.53. The average molecular weight is 294 g/mol. The van der Waals surface area contributed by atoms with Crippen molar-refractivity contribution in [2.24, 2.45) is 5.92 Å². The van der Waals surface area contributed by atoms with Crippen LogP contribution >= 0.6 is 20.1 Å². The number of aromatic amines is 1. The first-order valence-electron chi connectivity index (χ1n) is 5.16. The molecule has 1 rings (SSSR count). The van der Waals surface area contributed by atoms with Gasteiger partial charge in [-0.05, 0) is 0 Å². The molecule has 9 heteroatoms. The molecule has 1 unspecified atom stereocenters. The van der Waals surface area contributed by atoms with Crippen LogP contribution in [0.4, 0.5) is 0 Å². The predicted octanol–water partition coefficient (Wildman–Crippen LogP) is -0.868. The summed E-state index contributed by atoms with van der Waals surface area (Å²) in [6.07, 6.45) is 1.37. The number of aliphatic hydroxyl groups excluding tert-OH is 1. The summed E-state index contributed by atoms with van der Waals surface area (Å²) in [4.78, 5) is 41.9. The van der Waals surface area contributed by atoms with Gasteiger partial charge in [0.1, 0.15) is 0 Å². The number of hydrogen-bond donors (Lipinski definition) is 4. The SMILES string of the molecule is O=c1ccn(CC(CO)CSCP(O)O)c(=O)[nH]1. The molecular formula is C9H15N2O5PS. The molecule has 1 aromatic rings. The maximum Gasteiger partial charge on any atom is 0.328 e. The fraction of sp³-hybridized carbons (Fsp3) is 0.556.